The predicted octanol–water partition coefficient (Wildman–Crippen LogP) is 3.64. The zero-order chi connectivity index (χ0) is 20.0. The molecule has 3 rings (SSSR count). The molecular weight excluding hydrogens is 378 g/mol. The Labute approximate surface area is 170 Å². The van der Waals surface area contributed by atoms with Crippen molar-refractivity contribution in [2.24, 2.45) is 0 Å². The first-order valence-electron chi connectivity index (χ1n) is 9.57. The smallest absolute Gasteiger partial charge is 0.253 e. The number of ether oxygens (including phenoxy) is 2. The van der Waals surface area contributed by atoms with Crippen molar-refractivity contribution in [2.45, 2.75) is 31.3 Å². The Morgan fingerprint density at radius 2 is 1.89 bits per heavy atom. The van der Waals surface area contributed by atoms with E-state index < -0.39 is 12.0 Å². The molecule has 1 atom stereocenters. The van der Waals surface area contributed by atoms with Crippen LogP contribution in [0.4, 0.5) is 0 Å². The first-order valence-corrected chi connectivity index (χ1v) is 9.95. The minimum absolute atomic E-state index is 0.237. The van der Waals surface area contributed by atoms with Crippen LogP contribution in [0.1, 0.15) is 37.0 Å². The van der Waals surface area contributed by atoms with Crippen molar-refractivity contribution in [3.05, 3.63) is 64.7 Å². The van der Waals surface area contributed by atoms with E-state index in [0.717, 1.165) is 24.2 Å². The minimum atomic E-state index is -1.30. The summed E-state index contributed by atoms with van der Waals surface area (Å²) in [5, 5.41) is 13.7. The summed E-state index contributed by atoms with van der Waals surface area (Å²) in [6.45, 7) is 4.26. The van der Waals surface area contributed by atoms with E-state index in [1.165, 1.54) is 0 Å². The standard InChI is InChI=1S/C22H26ClNO4/c1-2-28-17-9-7-16(8-10-17)22(11-13-27-14-12-22)15-24-21(26)20(25)18-5-3-4-6-19(18)23/h3-10,20,25H,2,11-15H2,1H3,(H,24,26)/t20-/m1/s1. The second-order valence-electron chi connectivity index (χ2n) is 6.99. The molecule has 1 aliphatic heterocycles. The highest BCUT2D eigenvalue weighted by Gasteiger charge is 2.35. The highest BCUT2D eigenvalue weighted by molar-refractivity contribution is 6.31. The summed E-state index contributed by atoms with van der Waals surface area (Å²) in [6.07, 6.45) is 0.290. The van der Waals surface area contributed by atoms with E-state index in [1.807, 2.05) is 31.2 Å². The first kappa shape index (κ1) is 20.6. The van der Waals surface area contributed by atoms with Crippen LogP contribution in [0, 0.1) is 0 Å². The third-order valence-electron chi connectivity index (χ3n) is 5.28. The molecule has 5 nitrogen and oxygen atoms in total. The van der Waals surface area contributed by atoms with Crippen molar-refractivity contribution in [3.8, 4) is 5.75 Å². The maximum Gasteiger partial charge on any atom is 0.253 e. The van der Waals surface area contributed by atoms with Gasteiger partial charge in [0.15, 0.2) is 6.10 Å². The molecule has 2 aromatic rings. The topological polar surface area (TPSA) is 67.8 Å². The van der Waals surface area contributed by atoms with E-state index in [9.17, 15) is 9.90 Å². The molecule has 150 valence electrons. The predicted molar refractivity (Wildman–Crippen MR) is 109 cm³/mol. The highest BCUT2D eigenvalue weighted by Crippen LogP contribution is 2.35. The van der Waals surface area contributed by atoms with Crippen molar-refractivity contribution in [2.75, 3.05) is 26.4 Å². The van der Waals surface area contributed by atoms with Gasteiger partial charge in [0.1, 0.15) is 5.75 Å². The Morgan fingerprint density at radius 1 is 1.21 bits per heavy atom. The molecular formula is C22H26ClNO4. The van der Waals surface area contributed by atoms with Gasteiger partial charge in [-0.25, -0.2) is 0 Å². The number of nitrogens with one attached hydrogen (secondary N) is 1. The van der Waals surface area contributed by atoms with Crippen LogP contribution in [0.15, 0.2) is 48.5 Å². The van der Waals surface area contributed by atoms with Gasteiger partial charge in [0, 0.05) is 35.8 Å². The molecule has 0 unspecified atom stereocenters. The number of carbonyl (C=O) groups excluding carboxylic acids is 1. The number of rotatable bonds is 7. The van der Waals surface area contributed by atoms with Gasteiger partial charge >= 0.3 is 0 Å². The zero-order valence-corrected chi connectivity index (χ0v) is 16.7. The van der Waals surface area contributed by atoms with Crippen molar-refractivity contribution in [3.63, 3.8) is 0 Å². The number of aliphatic hydroxyl groups is 1. The normalized spacial score (nSPS) is 17.0. The molecule has 2 aromatic carbocycles. The Morgan fingerprint density at radius 3 is 2.54 bits per heavy atom. The molecule has 1 saturated heterocycles. The fourth-order valence-electron chi connectivity index (χ4n) is 3.59. The van der Waals surface area contributed by atoms with Crippen molar-refractivity contribution >= 4 is 17.5 Å². The summed E-state index contributed by atoms with van der Waals surface area (Å²) in [4.78, 5) is 12.6. The van der Waals surface area contributed by atoms with Crippen LogP contribution in [0.2, 0.25) is 5.02 Å². The summed E-state index contributed by atoms with van der Waals surface area (Å²) in [5.74, 6) is 0.372. The minimum Gasteiger partial charge on any atom is -0.494 e. The third kappa shape index (κ3) is 4.66. The van der Waals surface area contributed by atoms with Gasteiger partial charge in [0.25, 0.3) is 5.91 Å². The van der Waals surface area contributed by atoms with Crippen molar-refractivity contribution in [1.82, 2.24) is 5.32 Å². The lowest BCUT2D eigenvalue weighted by molar-refractivity contribution is -0.130. The van der Waals surface area contributed by atoms with Crippen LogP contribution in [0.3, 0.4) is 0 Å². The SMILES string of the molecule is CCOc1ccc(C2(CNC(=O)[C@H](O)c3ccccc3Cl)CCOCC2)cc1. The maximum atomic E-state index is 12.6. The summed E-state index contributed by atoms with van der Waals surface area (Å²) in [6, 6.07) is 14.8. The van der Waals surface area contributed by atoms with E-state index in [0.29, 0.717) is 37.0 Å². The molecule has 1 aliphatic rings. The van der Waals surface area contributed by atoms with Gasteiger partial charge in [-0.05, 0) is 43.5 Å². The van der Waals surface area contributed by atoms with E-state index in [2.05, 4.69) is 5.32 Å². The number of aliphatic hydroxyl groups excluding tert-OH is 1. The van der Waals surface area contributed by atoms with Crippen LogP contribution in [0.25, 0.3) is 0 Å². The second kappa shape index (κ2) is 9.41. The molecule has 0 aromatic heterocycles. The summed E-state index contributed by atoms with van der Waals surface area (Å²) in [5.41, 5.74) is 1.30. The van der Waals surface area contributed by atoms with Crippen LogP contribution < -0.4 is 10.1 Å². The van der Waals surface area contributed by atoms with Crippen LogP contribution in [0.5, 0.6) is 5.75 Å². The number of carbonyl (C=O) groups is 1. The fraction of sp³-hybridized carbons (Fsp3) is 0.409. The van der Waals surface area contributed by atoms with Crippen LogP contribution in [-0.2, 0) is 14.9 Å². The molecule has 1 fully saturated rings. The number of hydrogen-bond acceptors (Lipinski definition) is 4. The average Bonchev–Trinajstić information content (AvgIpc) is 2.73. The molecule has 0 radical (unpaired) electrons. The van der Waals surface area contributed by atoms with E-state index in [4.69, 9.17) is 21.1 Å². The van der Waals surface area contributed by atoms with Gasteiger partial charge in [-0.3, -0.25) is 4.79 Å². The fourth-order valence-corrected chi connectivity index (χ4v) is 3.83. The van der Waals surface area contributed by atoms with E-state index in [1.54, 1.807) is 24.3 Å². The monoisotopic (exact) mass is 403 g/mol. The molecule has 1 heterocycles. The molecule has 1 amide bonds. The Kier molecular flexibility index (Phi) is 6.94. The Balaban J connectivity index is 1.74. The zero-order valence-electron chi connectivity index (χ0n) is 16.0. The van der Waals surface area contributed by atoms with E-state index in [-0.39, 0.29) is 5.41 Å². The summed E-state index contributed by atoms with van der Waals surface area (Å²) < 4.78 is 11.1. The molecule has 6 heteroatoms. The quantitative estimate of drug-likeness (QED) is 0.740. The van der Waals surface area contributed by atoms with Crippen LogP contribution >= 0.6 is 11.6 Å². The summed E-state index contributed by atoms with van der Waals surface area (Å²) in [7, 11) is 0. The lowest BCUT2D eigenvalue weighted by atomic mass is 9.74. The molecule has 0 bridgehead atoms. The van der Waals surface area contributed by atoms with Gasteiger partial charge in [0.2, 0.25) is 0 Å². The number of amides is 1. The maximum absolute atomic E-state index is 12.6. The Bertz CT molecular complexity index is 787. The molecule has 0 saturated carbocycles. The van der Waals surface area contributed by atoms with Gasteiger partial charge < -0.3 is 19.9 Å². The van der Waals surface area contributed by atoms with Gasteiger partial charge in [-0.2, -0.15) is 0 Å². The lowest BCUT2D eigenvalue weighted by Crippen LogP contribution is -2.45. The lowest BCUT2D eigenvalue weighted by Gasteiger charge is -2.38. The van der Waals surface area contributed by atoms with Gasteiger partial charge in [-0.1, -0.05) is 41.9 Å². The number of benzene rings is 2. The number of halogens is 1. The third-order valence-corrected chi connectivity index (χ3v) is 5.62. The van der Waals surface area contributed by atoms with Gasteiger partial charge in [0.05, 0.1) is 6.61 Å². The second-order valence-corrected chi connectivity index (χ2v) is 7.40. The molecule has 0 aliphatic carbocycles. The van der Waals surface area contributed by atoms with Gasteiger partial charge in [-0.15, -0.1) is 0 Å². The van der Waals surface area contributed by atoms with E-state index >= 15 is 0 Å². The Hall–Kier alpha value is -2.08. The van der Waals surface area contributed by atoms with Crippen molar-refractivity contribution in [1.29, 1.82) is 0 Å². The molecule has 28 heavy (non-hydrogen) atoms. The highest BCUT2D eigenvalue weighted by atomic mass is 35.5. The van der Waals surface area contributed by atoms with Crippen molar-refractivity contribution < 1.29 is 19.4 Å². The molecule has 2 N–H and O–H groups in total. The van der Waals surface area contributed by atoms with Crippen LogP contribution in [-0.4, -0.2) is 37.4 Å². The first-order chi connectivity index (χ1) is 13.6. The number of hydrogen-bond donors (Lipinski definition) is 2. The summed E-state index contributed by atoms with van der Waals surface area (Å²) >= 11 is 6.11. The largest absolute Gasteiger partial charge is 0.494 e. The molecule has 0 spiro atoms. The average molecular weight is 404 g/mol.